The monoisotopic (exact) mass is 258 g/mol. The Bertz CT molecular complexity index is 204. The summed E-state index contributed by atoms with van der Waals surface area (Å²) in [5.74, 6) is 2.67. The van der Waals surface area contributed by atoms with E-state index < -0.39 is 0 Å². The molecule has 1 N–H and O–H groups in total. The summed E-state index contributed by atoms with van der Waals surface area (Å²) in [5.41, 5.74) is 0. The van der Waals surface area contributed by atoms with Gasteiger partial charge in [0.05, 0.1) is 6.54 Å². The number of carbonyl (C=O) groups is 1. The van der Waals surface area contributed by atoms with Crippen LogP contribution in [0.5, 0.6) is 0 Å². The number of nitrogens with one attached hydrogen (secondary N) is 1. The van der Waals surface area contributed by atoms with E-state index in [1.807, 2.05) is 16.7 Å². The van der Waals surface area contributed by atoms with Crippen LogP contribution in [0.3, 0.4) is 0 Å². The molecule has 0 aromatic carbocycles. The van der Waals surface area contributed by atoms with Crippen molar-refractivity contribution in [2.75, 3.05) is 37.7 Å². The third-order valence-corrected chi connectivity index (χ3v) is 4.07. The van der Waals surface area contributed by atoms with Crippen molar-refractivity contribution in [1.82, 2.24) is 10.2 Å². The van der Waals surface area contributed by atoms with Gasteiger partial charge in [0.15, 0.2) is 0 Å². The fourth-order valence-corrected chi connectivity index (χ4v) is 2.71. The van der Waals surface area contributed by atoms with Gasteiger partial charge in [0, 0.05) is 13.1 Å². The number of carbonyl (C=O) groups excluding carboxylic acids is 1. The number of hydrogen-bond donors (Lipinski definition) is 1. The van der Waals surface area contributed by atoms with E-state index in [1.165, 1.54) is 37.2 Å². The lowest BCUT2D eigenvalue weighted by atomic mass is 10.2. The van der Waals surface area contributed by atoms with E-state index in [0.29, 0.717) is 6.54 Å². The van der Waals surface area contributed by atoms with Crippen molar-refractivity contribution in [1.29, 1.82) is 0 Å². The fourth-order valence-electron chi connectivity index (χ4n) is 2.07. The van der Waals surface area contributed by atoms with Crippen LogP contribution in [-0.4, -0.2) is 48.5 Å². The maximum absolute atomic E-state index is 11.9. The van der Waals surface area contributed by atoms with E-state index >= 15 is 0 Å². The Balaban J connectivity index is 2.03. The number of likely N-dealkylation sites (tertiary alicyclic amines) is 1. The van der Waals surface area contributed by atoms with E-state index in [9.17, 15) is 4.79 Å². The highest BCUT2D eigenvalue weighted by molar-refractivity contribution is 7.99. The van der Waals surface area contributed by atoms with Gasteiger partial charge in [-0.15, -0.1) is 0 Å². The van der Waals surface area contributed by atoms with Crippen molar-refractivity contribution in [2.24, 2.45) is 0 Å². The van der Waals surface area contributed by atoms with Crippen molar-refractivity contribution in [3.05, 3.63) is 0 Å². The third kappa shape index (κ3) is 6.94. The van der Waals surface area contributed by atoms with Gasteiger partial charge >= 0.3 is 0 Å². The van der Waals surface area contributed by atoms with Crippen LogP contribution in [0.4, 0.5) is 0 Å². The zero-order valence-electron chi connectivity index (χ0n) is 11.0. The average Bonchev–Trinajstić information content (AvgIpc) is 2.62. The second-order valence-corrected chi connectivity index (χ2v) is 5.92. The van der Waals surface area contributed by atoms with E-state index in [1.54, 1.807) is 0 Å². The van der Waals surface area contributed by atoms with Gasteiger partial charge in [-0.3, -0.25) is 4.79 Å². The summed E-state index contributed by atoms with van der Waals surface area (Å²) in [6.45, 7) is 5.60. The first-order valence-electron chi connectivity index (χ1n) is 6.91. The van der Waals surface area contributed by atoms with Crippen molar-refractivity contribution < 1.29 is 4.79 Å². The first-order chi connectivity index (χ1) is 8.34. The fraction of sp³-hybridized carbons (Fsp3) is 0.923. The molecule has 1 rings (SSSR count). The molecule has 17 heavy (non-hydrogen) atoms. The molecule has 3 nitrogen and oxygen atoms in total. The van der Waals surface area contributed by atoms with Gasteiger partial charge < -0.3 is 10.2 Å². The maximum Gasteiger partial charge on any atom is 0.236 e. The Morgan fingerprint density at radius 3 is 2.59 bits per heavy atom. The second-order valence-electron chi connectivity index (χ2n) is 4.52. The first kappa shape index (κ1) is 14.8. The van der Waals surface area contributed by atoms with Crippen LogP contribution in [0.25, 0.3) is 0 Å². The summed E-state index contributed by atoms with van der Waals surface area (Å²) < 4.78 is 0. The van der Waals surface area contributed by atoms with Crippen LogP contribution >= 0.6 is 11.8 Å². The van der Waals surface area contributed by atoms with Crippen LogP contribution in [0.1, 0.15) is 39.0 Å². The molecule has 1 amide bonds. The minimum Gasteiger partial charge on any atom is -0.342 e. The number of rotatable bonds is 7. The predicted molar refractivity (Wildman–Crippen MR) is 75.5 cm³/mol. The first-order valence-corrected chi connectivity index (χ1v) is 8.06. The molecule has 0 bridgehead atoms. The molecule has 100 valence electrons. The van der Waals surface area contributed by atoms with Crippen LogP contribution in [0.2, 0.25) is 0 Å². The van der Waals surface area contributed by atoms with Gasteiger partial charge in [0.2, 0.25) is 5.91 Å². The van der Waals surface area contributed by atoms with Crippen molar-refractivity contribution >= 4 is 17.7 Å². The molecule has 1 aliphatic rings. The topological polar surface area (TPSA) is 32.3 Å². The van der Waals surface area contributed by atoms with Crippen LogP contribution in [-0.2, 0) is 4.79 Å². The molecule has 1 heterocycles. The molecule has 1 fully saturated rings. The molecular formula is C13H26N2OS. The normalized spacial score (nSPS) is 16.9. The largest absolute Gasteiger partial charge is 0.342 e. The number of thioether (sulfide) groups is 1. The van der Waals surface area contributed by atoms with Gasteiger partial charge in [-0.1, -0.05) is 19.8 Å². The molecule has 1 aliphatic heterocycles. The highest BCUT2D eigenvalue weighted by atomic mass is 32.2. The molecule has 0 spiro atoms. The molecule has 0 radical (unpaired) electrons. The summed E-state index contributed by atoms with van der Waals surface area (Å²) in [5, 5.41) is 3.26. The summed E-state index contributed by atoms with van der Waals surface area (Å²) in [4.78, 5) is 13.9. The van der Waals surface area contributed by atoms with E-state index in [2.05, 4.69) is 12.2 Å². The molecule has 0 aromatic rings. The molecule has 0 aliphatic carbocycles. The Hall–Kier alpha value is -0.220. The van der Waals surface area contributed by atoms with Crippen molar-refractivity contribution in [3.8, 4) is 0 Å². The van der Waals surface area contributed by atoms with Gasteiger partial charge in [-0.25, -0.2) is 0 Å². The minimum atomic E-state index is 0.287. The number of nitrogens with zero attached hydrogens (tertiary/aromatic N) is 1. The average molecular weight is 258 g/mol. The Kier molecular flexibility index (Phi) is 8.53. The van der Waals surface area contributed by atoms with Crippen molar-refractivity contribution in [2.45, 2.75) is 39.0 Å². The highest BCUT2D eigenvalue weighted by Crippen LogP contribution is 2.09. The van der Waals surface area contributed by atoms with E-state index in [0.717, 1.165) is 26.1 Å². The zero-order valence-corrected chi connectivity index (χ0v) is 11.9. The number of amides is 1. The van der Waals surface area contributed by atoms with E-state index in [4.69, 9.17) is 0 Å². The van der Waals surface area contributed by atoms with Gasteiger partial charge in [-0.2, -0.15) is 11.8 Å². The SMILES string of the molecule is CCSCCCNCC(=O)N1CCCCCC1. The van der Waals surface area contributed by atoms with Gasteiger partial charge in [-0.05, 0) is 37.3 Å². The number of hydrogen-bond acceptors (Lipinski definition) is 3. The molecule has 0 unspecified atom stereocenters. The molecule has 0 aromatic heterocycles. The summed E-state index contributed by atoms with van der Waals surface area (Å²) in [6.07, 6.45) is 6.08. The Morgan fingerprint density at radius 2 is 1.94 bits per heavy atom. The second kappa shape index (κ2) is 9.77. The van der Waals surface area contributed by atoms with Gasteiger partial charge in [0.25, 0.3) is 0 Å². The molecule has 0 saturated carbocycles. The zero-order chi connectivity index (χ0) is 12.3. The molecule has 0 atom stereocenters. The lowest BCUT2D eigenvalue weighted by molar-refractivity contribution is -0.130. The molecular weight excluding hydrogens is 232 g/mol. The van der Waals surface area contributed by atoms with Crippen LogP contribution < -0.4 is 5.32 Å². The predicted octanol–water partition coefficient (Wildman–Crippen LogP) is 2.12. The highest BCUT2D eigenvalue weighted by Gasteiger charge is 2.14. The maximum atomic E-state index is 11.9. The summed E-state index contributed by atoms with van der Waals surface area (Å²) in [6, 6.07) is 0. The van der Waals surface area contributed by atoms with Crippen LogP contribution in [0, 0.1) is 0 Å². The quantitative estimate of drug-likeness (QED) is 0.710. The van der Waals surface area contributed by atoms with Crippen LogP contribution in [0.15, 0.2) is 0 Å². The summed E-state index contributed by atoms with van der Waals surface area (Å²) in [7, 11) is 0. The van der Waals surface area contributed by atoms with Gasteiger partial charge in [0.1, 0.15) is 0 Å². The van der Waals surface area contributed by atoms with E-state index in [-0.39, 0.29) is 5.91 Å². The third-order valence-electron chi connectivity index (χ3n) is 3.08. The lowest BCUT2D eigenvalue weighted by Crippen LogP contribution is -2.39. The van der Waals surface area contributed by atoms with Crippen molar-refractivity contribution in [3.63, 3.8) is 0 Å². The Labute approximate surface area is 110 Å². The minimum absolute atomic E-state index is 0.287. The Morgan fingerprint density at radius 1 is 1.24 bits per heavy atom. The summed E-state index contributed by atoms with van der Waals surface area (Å²) >= 11 is 1.96. The lowest BCUT2D eigenvalue weighted by Gasteiger charge is -2.20. The standard InChI is InChI=1S/C13H26N2OS/c1-2-17-11-7-8-14-12-13(16)15-9-5-3-4-6-10-15/h14H,2-12H2,1H3. The molecule has 1 saturated heterocycles. The smallest absolute Gasteiger partial charge is 0.236 e. The molecule has 4 heteroatoms.